The number of hydrogen-bond donors (Lipinski definition) is 1. The van der Waals surface area contributed by atoms with Gasteiger partial charge in [-0.2, -0.15) is 0 Å². The Kier molecular flexibility index (Phi) is 6.47. The topological polar surface area (TPSA) is 64.3 Å². The number of ether oxygens (including phenoxy) is 1. The van der Waals surface area contributed by atoms with Gasteiger partial charge in [0.1, 0.15) is 17.3 Å². The minimum Gasteiger partial charge on any atom is -0.479 e. The summed E-state index contributed by atoms with van der Waals surface area (Å²) in [6, 6.07) is 13.2. The molecule has 2 aromatic heterocycles. The monoisotopic (exact) mass is 478 g/mol. The number of benzene rings is 2. The fourth-order valence-corrected chi connectivity index (χ4v) is 4.23. The fraction of sp³-hybridized carbons (Fsp3) is 0.286. The highest BCUT2D eigenvalue weighted by Gasteiger charge is 2.32. The van der Waals surface area contributed by atoms with Gasteiger partial charge in [-0.15, -0.1) is 0 Å². The van der Waals surface area contributed by atoms with Gasteiger partial charge in [0, 0.05) is 40.0 Å². The van der Waals surface area contributed by atoms with E-state index >= 15 is 0 Å². The first-order chi connectivity index (χ1) is 16.4. The van der Waals surface area contributed by atoms with Crippen molar-refractivity contribution >= 4 is 17.0 Å². The predicted molar refractivity (Wildman–Crippen MR) is 131 cm³/mol. The van der Waals surface area contributed by atoms with Crippen molar-refractivity contribution in [3.05, 3.63) is 88.7 Å². The molecule has 0 bridgehead atoms. The molecule has 0 aliphatic rings. The van der Waals surface area contributed by atoms with Crippen LogP contribution < -0.4 is 0 Å². The summed E-state index contributed by atoms with van der Waals surface area (Å²) in [5.41, 5.74) is 3.79. The standard InChI is InChI=1S/C28H28F2N2O3/c1-16-6-8-18(9-7-16)24-21-12-13-32(15-19-10-11-20(29)14-22(19)30)26(21)31-17(2)23(24)25(27(33)34)35-28(3,4)5/h6-14,25H,15H2,1-5H3,(H,33,34)/t25-/m1/s1. The highest BCUT2D eigenvalue weighted by Crippen LogP contribution is 2.40. The van der Waals surface area contributed by atoms with Gasteiger partial charge in [0.15, 0.2) is 6.10 Å². The summed E-state index contributed by atoms with van der Waals surface area (Å²) < 4.78 is 35.5. The average Bonchev–Trinajstić information content (AvgIpc) is 3.15. The van der Waals surface area contributed by atoms with Gasteiger partial charge in [-0.25, -0.2) is 18.6 Å². The molecule has 0 fully saturated rings. The minimum absolute atomic E-state index is 0.148. The lowest BCUT2D eigenvalue weighted by Gasteiger charge is -2.28. The lowest BCUT2D eigenvalue weighted by molar-refractivity contribution is -0.160. The molecule has 0 aliphatic heterocycles. The second kappa shape index (κ2) is 9.23. The number of hydrogen-bond acceptors (Lipinski definition) is 3. The molecule has 4 aromatic rings. The van der Waals surface area contributed by atoms with Crippen molar-refractivity contribution in [3.63, 3.8) is 0 Å². The van der Waals surface area contributed by atoms with E-state index in [0.29, 0.717) is 28.0 Å². The van der Waals surface area contributed by atoms with Gasteiger partial charge in [0.25, 0.3) is 0 Å². The van der Waals surface area contributed by atoms with Crippen LogP contribution in [0.25, 0.3) is 22.2 Å². The van der Waals surface area contributed by atoms with E-state index in [4.69, 9.17) is 9.72 Å². The maximum Gasteiger partial charge on any atom is 0.337 e. The summed E-state index contributed by atoms with van der Waals surface area (Å²) in [5, 5.41) is 10.8. The summed E-state index contributed by atoms with van der Waals surface area (Å²) in [6.45, 7) is 9.31. The number of carboxylic acid groups (broad SMARTS) is 1. The average molecular weight is 479 g/mol. The van der Waals surface area contributed by atoms with Crippen LogP contribution in [0.3, 0.4) is 0 Å². The normalized spacial score (nSPS) is 12.8. The van der Waals surface area contributed by atoms with Crippen LogP contribution in [0, 0.1) is 25.5 Å². The maximum absolute atomic E-state index is 14.4. The number of carboxylic acids is 1. The molecule has 0 spiro atoms. The van der Waals surface area contributed by atoms with E-state index in [1.807, 2.05) is 58.0 Å². The van der Waals surface area contributed by atoms with E-state index in [-0.39, 0.29) is 6.54 Å². The number of rotatable bonds is 6. The number of fused-ring (bicyclic) bond motifs is 1. The first-order valence-electron chi connectivity index (χ1n) is 11.4. The second-order valence-corrected chi connectivity index (χ2v) is 9.72. The van der Waals surface area contributed by atoms with Gasteiger partial charge in [0.2, 0.25) is 0 Å². The third-order valence-corrected chi connectivity index (χ3v) is 5.79. The predicted octanol–water partition coefficient (Wildman–Crippen LogP) is 6.59. The van der Waals surface area contributed by atoms with Crippen LogP contribution in [0.1, 0.15) is 49.3 Å². The zero-order valence-electron chi connectivity index (χ0n) is 20.4. The molecule has 0 saturated carbocycles. The summed E-state index contributed by atoms with van der Waals surface area (Å²) >= 11 is 0. The Hall–Kier alpha value is -3.58. The van der Waals surface area contributed by atoms with E-state index in [9.17, 15) is 18.7 Å². The summed E-state index contributed by atoms with van der Waals surface area (Å²) in [6.07, 6.45) is 0.544. The van der Waals surface area contributed by atoms with E-state index in [0.717, 1.165) is 22.6 Å². The first-order valence-corrected chi connectivity index (χ1v) is 11.4. The molecule has 0 amide bonds. The molecule has 0 aliphatic carbocycles. The molecule has 1 N–H and O–H groups in total. The number of pyridine rings is 1. The molecule has 0 radical (unpaired) electrons. The first kappa shape index (κ1) is 24.5. The van der Waals surface area contributed by atoms with Crippen LogP contribution in [-0.2, 0) is 16.1 Å². The summed E-state index contributed by atoms with van der Waals surface area (Å²) in [7, 11) is 0. The molecule has 5 nitrogen and oxygen atoms in total. The highest BCUT2D eigenvalue weighted by molar-refractivity contribution is 5.97. The van der Waals surface area contributed by atoms with Crippen LogP contribution in [0.2, 0.25) is 0 Å². The van der Waals surface area contributed by atoms with Crippen molar-refractivity contribution in [3.8, 4) is 11.1 Å². The number of aryl methyl sites for hydroxylation is 2. The Morgan fingerprint density at radius 1 is 1.09 bits per heavy atom. The Labute approximate surface area is 203 Å². The molecule has 35 heavy (non-hydrogen) atoms. The molecular formula is C28H28F2N2O3. The third-order valence-electron chi connectivity index (χ3n) is 5.79. The lowest BCUT2D eigenvalue weighted by Crippen LogP contribution is -2.28. The van der Waals surface area contributed by atoms with Crippen LogP contribution in [-0.4, -0.2) is 26.2 Å². The summed E-state index contributed by atoms with van der Waals surface area (Å²) in [5.74, 6) is -2.38. The van der Waals surface area contributed by atoms with Crippen molar-refractivity contribution in [1.29, 1.82) is 0 Å². The van der Waals surface area contributed by atoms with Gasteiger partial charge in [-0.1, -0.05) is 35.9 Å². The molecule has 0 saturated heterocycles. The zero-order valence-corrected chi connectivity index (χ0v) is 20.4. The minimum atomic E-state index is -1.24. The van der Waals surface area contributed by atoms with Crippen LogP contribution in [0.4, 0.5) is 8.78 Å². The molecule has 1 atom stereocenters. The van der Waals surface area contributed by atoms with E-state index in [1.165, 1.54) is 12.1 Å². The van der Waals surface area contributed by atoms with Crippen LogP contribution in [0.5, 0.6) is 0 Å². The molecular weight excluding hydrogens is 450 g/mol. The number of aromatic nitrogens is 2. The molecule has 0 unspecified atom stereocenters. The van der Waals surface area contributed by atoms with E-state index in [1.54, 1.807) is 17.7 Å². The number of aliphatic carboxylic acids is 1. The maximum atomic E-state index is 14.4. The van der Waals surface area contributed by atoms with Crippen molar-refractivity contribution in [1.82, 2.24) is 9.55 Å². The largest absolute Gasteiger partial charge is 0.479 e. The number of carbonyl (C=O) groups is 1. The molecule has 4 rings (SSSR count). The Morgan fingerprint density at radius 2 is 1.77 bits per heavy atom. The molecule has 182 valence electrons. The smallest absolute Gasteiger partial charge is 0.337 e. The summed E-state index contributed by atoms with van der Waals surface area (Å²) in [4.78, 5) is 17.1. The number of halogens is 2. The third kappa shape index (κ3) is 5.10. The van der Waals surface area contributed by atoms with Crippen molar-refractivity contribution in [2.24, 2.45) is 0 Å². The Morgan fingerprint density at radius 3 is 2.37 bits per heavy atom. The number of nitrogens with zero attached hydrogens (tertiary/aromatic N) is 2. The zero-order chi connectivity index (χ0) is 25.5. The Bertz CT molecular complexity index is 1400. The lowest BCUT2D eigenvalue weighted by atomic mass is 9.92. The van der Waals surface area contributed by atoms with Crippen molar-refractivity contribution < 1.29 is 23.4 Å². The molecule has 7 heteroatoms. The van der Waals surface area contributed by atoms with Gasteiger partial charge < -0.3 is 14.4 Å². The molecule has 2 heterocycles. The van der Waals surface area contributed by atoms with Gasteiger partial charge >= 0.3 is 5.97 Å². The fourth-order valence-electron chi connectivity index (χ4n) is 4.23. The molecule has 2 aromatic carbocycles. The van der Waals surface area contributed by atoms with Gasteiger partial charge in [-0.3, -0.25) is 0 Å². The van der Waals surface area contributed by atoms with E-state index in [2.05, 4.69) is 0 Å². The quantitative estimate of drug-likeness (QED) is 0.340. The Balaban J connectivity index is 1.96. The van der Waals surface area contributed by atoms with Crippen molar-refractivity contribution in [2.75, 3.05) is 0 Å². The van der Waals surface area contributed by atoms with E-state index < -0.39 is 29.3 Å². The SMILES string of the molecule is Cc1ccc(-c2c([C@@H](OC(C)(C)C)C(=O)O)c(C)nc3c2ccn3Cc2ccc(F)cc2F)cc1. The highest BCUT2D eigenvalue weighted by atomic mass is 19.1. The van der Waals surface area contributed by atoms with Crippen LogP contribution >= 0.6 is 0 Å². The van der Waals surface area contributed by atoms with Gasteiger partial charge in [-0.05, 0) is 52.3 Å². The van der Waals surface area contributed by atoms with Crippen LogP contribution in [0.15, 0.2) is 54.7 Å². The van der Waals surface area contributed by atoms with Gasteiger partial charge in [0.05, 0.1) is 12.1 Å². The second-order valence-electron chi connectivity index (χ2n) is 9.72. The van der Waals surface area contributed by atoms with Crippen molar-refractivity contribution in [2.45, 2.75) is 52.9 Å².